The van der Waals surface area contributed by atoms with Crippen LogP contribution >= 0.6 is 11.6 Å². The number of aliphatic carboxylic acids is 3. The average molecular weight is 702 g/mol. The van der Waals surface area contributed by atoms with Gasteiger partial charge in [0.2, 0.25) is 5.91 Å². The van der Waals surface area contributed by atoms with Crippen LogP contribution in [0.4, 0.5) is 0 Å². The Hall–Kier alpha value is -4.22. The summed E-state index contributed by atoms with van der Waals surface area (Å²) >= 11 is 5.98. The van der Waals surface area contributed by atoms with E-state index < -0.39 is 47.8 Å². The first-order valence-electron chi connectivity index (χ1n) is 16.8. The lowest BCUT2D eigenvalue weighted by atomic mass is 9.82. The third-order valence-corrected chi connectivity index (χ3v) is 8.30. The summed E-state index contributed by atoms with van der Waals surface area (Å²) in [5.74, 6) is -6.83. The zero-order valence-electron chi connectivity index (χ0n) is 27.9. The second-order valence-corrected chi connectivity index (χ2v) is 12.6. The number of ketones is 1. The second kappa shape index (κ2) is 21.7. The molecule has 5 N–H and O–H groups in total. The summed E-state index contributed by atoms with van der Waals surface area (Å²) in [5, 5.41) is 42.7. The van der Waals surface area contributed by atoms with Crippen molar-refractivity contribution in [2.75, 3.05) is 0 Å². The molecule has 0 spiro atoms. The number of Topliss-reactive ketones (excluding diaryl/α,β-unsaturated/α-hetero) is 1. The molecule has 0 saturated heterocycles. The number of hydrogen-bond acceptors (Lipinski definition) is 7. The van der Waals surface area contributed by atoms with Crippen LogP contribution in [-0.2, 0) is 30.4 Å². The first-order valence-corrected chi connectivity index (χ1v) is 17.1. The SMILES string of the molecule is CCCCCCCC(=O)CCCCCCC=C[C@H](C(=O)N[C@@H](Cc1ccc(Oc2cccc(Cl)c2)cc1)C(=O)O)[C@@](O)(CC(=O)O)C(=O)O. The number of allylic oxidation sites excluding steroid dienone is 1. The van der Waals surface area contributed by atoms with Crippen LogP contribution in [0.1, 0.15) is 96.0 Å². The molecule has 12 heteroatoms. The van der Waals surface area contributed by atoms with Crippen LogP contribution in [-0.4, -0.2) is 61.7 Å². The Balaban J connectivity index is 2.01. The third kappa shape index (κ3) is 15.3. The number of unbranched alkanes of at least 4 members (excludes halogenated alkanes) is 8. The second-order valence-electron chi connectivity index (χ2n) is 12.2. The molecule has 3 atom stereocenters. The van der Waals surface area contributed by atoms with Gasteiger partial charge < -0.3 is 30.5 Å². The maximum absolute atomic E-state index is 13.4. The van der Waals surface area contributed by atoms with Crippen LogP contribution in [0.25, 0.3) is 0 Å². The van der Waals surface area contributed by atoms with E-state index in [1.165, 1.54) is 12.5 Å². The number of carbonyl (C=O) groups is 5. The Morgan fingerprint density at radius 3 is 2.06 bits per heavy atom. The third-order valence-electron chi connectivity index (χ3n) is 8.06. The highest BCUT2D eigenvalue weighted by Gasteiger charge is 2.49. The lowest BCUT2D eigenvalue weighted by Crippen LogP contribution is -2.55. The average Bonchev–Trinajstić information content (AvgIpc) is 3.04. The Morgan fingerprint density at radius 2 is 1.49 bits per heavy atom. The highest BCUT2D eigenvalue weighted by molar-refractivity contribution is 6.30. The standard InChI is InChI=1S/C37H48ClNO10/c1-2-3-4-7-10-15-28(40)16-11-8-5-6-9-12-18-31(37(48,36(46)47)25-33(41)42)34(43)39-32(35(44)45)23-26-19-21-29(22-20-26)49-30-17-13-14-27(38)24-30/h12-14,17-22,24,31-32,48H,2-11,15-16,23,25H2,1H3,(H,39,43)(H,41,42)(H,44,45)(H,46,47)/t31-,32+,37+/m1/s1. The van der Waals surface area contributed by atoms with Gasteiger partial charge in [-0.2, -0.15) is 0 Å². The fourth-order valence-electron chi connectivity index (χ4n) is 5.29. The topological polar surface area (TPSA) is 188 Å². The molecule has 0 bridgehead atoms. The van der Waals surface area contributed by atoms with Crippen LogP contribution < -0.4 is 10.1 Å². The van der Waals surface area contributed by atoms with Crippen LogP contribution in [0.15, 0.2) is 60.7 Å². The van der Waals surface area contributed by atoms with Crippen molar-refractivity contribution in [2.24, 2.45) is 5.92 Å². The smallest absolute Gasteiger partial charge is 0.337 e. The van der Waals surface area contributed by atoms with Gasteiger partial charge in [0.15, 0.2) is 5.60 Å². The molecule has 2 aromatic rings. The molecule has 49 heavy (non-hydrogen) atoms. The summed E-state index contributed by atoms with van der Waals surface area (Å²) < 4.78 is 5.74. The first-order chi connectivity index (χ1) is 23.3. The van der Waals surface area contributed by atoms with Gasteiger partial charge in [-0.3, -0.25) is 14.4 Å². The van der Waals surface area contributed by atoms with E-state index in [2.05, 4.69) is 12.2 Å². The molecule has 0 aliphatic heterocycles. The molecule has 2 aromatic carbocycles. The molecule has 0 radical (unpaired) electrons. The van der Waals surface area contributed by atoms with Crippen molar-refractivity contribution >= 4 is 41.2 Å². The van der Waals surface area contributed by atoms with Gasteiger partial charge in [-0.05, 0) is 61.6 Å². The number of amides is 1. The minimum atomic E-state index is -3.04. The van der Waals surface area contributed by atoms with Gasteiger partial charge in [0.25, 0.3) is 0 Å². The number of hydrogen-bond donors (Lipinski definition) is 5. The molecule has 268 valence electrons. The number of ether oxygens (including phenoxy) is 1. The summed E-state index contributed by atoms with van der Waals surface area (Å²) in [6.45, 7) is 2.15. The van der Waals surface area contributed by atoms with Crippen LogP contribution in [0.5, 0.6) is 11.5 Å². The zero-order chi connectivity index (χ0) is 36.2. The summed E-state index contributed by atoms with van der Waals surface area (Å²) in [6, 6.07) is 11.6. The van der Waals surface area contributed by atoms with Gasteiger partial charge in [-0.1, -0.05) is 87.4 Å². The van der Waals surface area contributed by atoms with E-state index in [4.69, 9.17) is 16.3 Å². The van der Waals surface area contributed by atoms with E-state index >= 15 is 0 Å². The molecule has 11 nitrogen and oxygen atoms in total. The minimum Gasteiger partial charge on any atom is -0.481 e. The number of nitrogens with one attached hydrogen (secondary N) is 1. The van der Waals surface area contributed by atoms with Crippen LogP contribution in [0, 0.1) is 5.92 Å². The van der Waals surface area contributed by atoms with Crippen molar-refractivity contribution in [3.05, 3.63) is 71.3 Å². The maximum Gasteiger partial charge on any atom is 0.337 e. The number of carbonyl (C=O) groups excluding carboxylic acids is 2. The molecule has 1 amide bonds. The molecular weight excluding hydrogens is 654 g/mol. The monoisotopic (exact) mass is 701 g/mol. The number of halogens is 1. The fourth-order valence-corrected chi connectivity index (χ4v) is 5.47. The van der Waals surface area contributed by atoms with Crippen molar-refractivity contribution in [3.8, 4) is 11.5 Å². The van der Waals surface area contributed by atoms with Crippen molar-refractivity contribution in [3.63, 3.8) is 0 Å². The van der Waals surface area contributed by atoms with Gasteiger partial charge >= 0.3 is 17.9 Å². The lowest BCUT2D eigenvalue weighted by molar-refractivity contribution is -0.172. The van der Waals surface area contributed by atoms with Gasteiger partial charge in [-0.15, -0.1) is 0 Å². The molecule has 0 aromatic heterocycles. The Kier molecular flexibility index (Phi) is 18.1. The van der Waals surface area contributed by atoms with Gasteiger partial charge in [-0.25, -0.2) is 9.59 Å². The number of carboxylic acid groups (broad SMARTS) is 3. The van der Waals surface area contributed by atoms with Crippen molar-refractivity contribution in [1.29, 1.82) is 0 Å². The Morgan fingerprint density at radius 1 is 0.857 bits per heavy atom. The van der Waals surface area contributed by atoms with Crippen molar-refractivity contribution in [1.82, 2.24) is 5.32 Å². The van der Waals surface area contributed by atoms with Crippen molar-refractivity contribution < 1.29 is 49.1 Å². The maximum atomic E-state index is 13.4. The highest BCUT2D eigenvalue weighted by atomic mass is 35.5. The van der Waals surface area contributed by atoms with Gasteiger partial charge in [0, 0.05) is 24.3 Å². The van der Waals surface area contributed by atoms with E-state index in [0.717, 1.165) is 51.0 Å². The van der Waals surface area contributed by atoms with Crippen LogP contribution in [0.2, 0.25) is 5.02 Å². The molecule has 0 aliphatic rings. The molecule has 0 fully saturated rings. The summed E-state index contributed by atoms with van der Waals surface area (Å²) in [5.41, 5.74) is -2.53. The largest absolute Gasteiger partial charge is 0.481 e. The lowest BCUT2D eigenvalue weighted by Gasteiger charge is -2.29. The Bertz CT molecular complexity index is 1410. The summed E-state index contributed by atoms with van der Waals surface area (Å²) in [7, 11) is 0. The molecule has 0 saturated carbocycles. The number of rotatable bonds is 25. The predicted molar refractivity (Wildman–Crippen MR) is 185 cm³/mol. The molecule has 0 heterocycles. The van der Waals surface area contributed by atoms with Gasteiger partial charge in [0.1, 0.15) is 23.3 Å². The van der Waals surface area contributed by atoms with E-state index in [1.54, 1.807) is 48.5 Å². The normalized spacial score (nSPS) is 13.7. The van der Waals surface area contributed by atoms with E-state index in [9.17, 15) is 44.4 Å². The number of carboxylic acids is 3. The van der Waals surface area contributed by atoms with Gasteiger partial charge in [0.05, 0.1) is 12.3 Å². The van der Waals surface area contributed by atoms with Crippen LogP contribution in [0.3, 0.4) is 0 Å². The summed E-state index contributed by atoms with van der Waals surface area (Å²) in [4.78, 5) is 61.1. The highest BCUT2D eigenvalue weighted by Crippen LogP contribution is 2.27. The van der Waals surface area contributed by atoms with Crippen molar-refractivity contribution in [2.45, 2.75) is 108 Å². The first kappa shape index (κ1) is 41.0. The number of benzene rings is 2. The quantitative estimate of drug-likeness (QED) is 0.0534. The Labute approximate surface area is 292 Å². The molecule has 2 rings (SSSR count). The summed E-state index contributed by atoms with van der Waals surface area (Å²) in [6.07, 6.45) is 11.1. The minimum absolute atomic E-state index is 0.194. The van der Waals surface area contributed by atoms with E-state index in [1.807, 2.05) is 0 Å². The molecule has 0 aliphatic carbocycles. The molecular formula is C37H48ClNO10. The number of aliphatic hydroxyl groups is 1. The van der Waals surface area contributed by atoms with E-state index in [0.29, 0.717) is 47.8 Å². The predicted octanol–water partition coefficient (Wildman–Crippen LogP) is 6.98. The fraction of sp³-hybridized carbons (Fsp3) is 0.486. The molecule has 0 unspecified atom stereocenters. The van der Waals surface area contributed by atoms with E-state index in [-0.39, 0.29) is 12.2 Å². The zero-order valence-corrected chi connectivity index (χ0v) is 28.7.